The molecule has 0 atom stereocenters. The van der Waals surface area contributed by atoms with E-state index in [-0.39, 0.29) is 45.1 Å². The van der Waals surface area contributed by atoms with Gasteiger partial charge in [0.2, 0.25) is 0 Å². The normalized spacial score (nSPS) is 16.4. The molecule has 2 aliphatic rings. The first-order chi connectivity index (χ1) is 16.6. The van der Waals surface area contributed by atoms with Gasteiger partial charge in [0.15, 0.2) is 0 Å². The minimum absolute atomic E-state index is 0.0922. The fourth-order valence-corrected chi connectivity index (χ4v) is 5.14. The number of hydrogen-bond acceptors (Lipinski definition) is 4. The molecule has 0 bridgehead atoms. The summed E-state index contributed by atoms with van der Waals surface area (Å²) in [5.41, 5.74) is 4.01. The largest absolute Gasteiger partial charge is 0.479 e. The van der Waals surface area contributed by atoms with E-state index in [1.807, 2.05) is 54.6 Å². The molecule has 0 saturated carbocycles. The lowest BCUT2D eigenvalue weighted by Gasteiger charge is -2.42. The molecule has 3 aromatic rings. The van der Waals surface area contributed by atoms with Crippen molar-refractivity contribution in [3.05, 3.63) is 95.6 Å². The van der Waals surface area contributed by atoms with Crippen LogP contribution in [-0.2, 0) is 20.8 Å². The van der Waals surface area contributed by atoms with Crippen LogP contribution >= 0.6 is 0 Å². The fourth-order valence-electron chi connectivity index (χ4n) is 5.14. The first-order valence-electron chi connectivity index (χ1n) is 11.6. The first-order valence-corrected chi connectivity index (χ1v) is 11.6. The highest BCUT2D eigenvalue weighted by atomic mass is 16.6. The van der Waals surface area contributed by atoms with Crippen molar-refractivity contribution in [3.63, 3.8) is 0 Å². The Kier molecular flexibility index (Phi) is 6.07. The fraction of sp³-hybridized carbons (Fsp3) is 0.286. The Morgan fingerprint density at radius 1 is 0.882 bits per heavy atom. The zero-order chi connectivity index (χ0) is 23.5. The molecule has 5 rings (SSSR count). The van der Waals surface area contributed by atoms with Crippen LogP contribution < -0.4 is 0 Å². The summed E-state index contributed by atoms with van der Waals surface area (Å²) in [7, 11) is 0. The average Bonchev–Trinajstić information content (AvgIpc) is 3.20. The number of carboxylic acid groups (broad SMARTS) is 1. The molecule has 0 radical (unpaired) electrons. The number of carbonyl (C=O) groups is 2. The summed E-state index contributed by atoms with van der Waals surface area (Å²) >= 11 is 0. The lowest BCUT2D eigenvalue weighted by molar-refractivity contribution is -0.157. The highest BCUT2D eigenvalue weighted by molar-refractivity contribution is 5.85. The van der Waals surface area contributed by atoms with E-state index in [9.17, 15) is 14.7 Å². The summed E-state index contributed by atoms with van der Waals surface area (Å²) in [5, 5.41) is 10.2. The maximum Gasteiger partial charge on any atom is 0.411 e. The van der Waals surface area contributed by atoms with Crippen LogP contribution in [0.5, 0.6) is 0 Å². The summed E-state index contributed by atoms with van der Waals surface area (Å²) < 4.78 is 11.3. The van der Waals surface area contributed by atoms with Gasteiger partial charge in [-0.1, -0.05) is 78.9 Å². The van der Waals surface area contributed by atoms with Crippen LogP contribution in [0.2, 0.25) is 0 Å². The Morgan fingerprint density at radius 3 is 2.03 bits per heavy atom. The van der Waals surface area contributed by atoms with Crippen molar-refractivity contribution in [2.24, 2.45) is 0 Å². The number of carboxylic acids is 1. The monoisotopic (exact) mass is 457 g/mol. The van der Waals surface area contributed by atoms with E-state index >= 15 is 0 Å². The number of aliphatic carboxylic acids is 1. The van der Waals surface area contributed by atoms with Crippen LogP contribution in [0.1, 0.15) is 35.4 Å². The number of hydrogen-bond donors (Lipinski definition) is 1. The molecule has 1 heterocycles. The predicted octanol–water partition coefficient (Wildman–Crippen LogP) is 5.07. The van der Waals surface area contributed by atoms with Crippen LogP contribution in [0.25, 0.3) is 11.1 Å². The summed E-state index contributed by atoms with van der Waals surface area (Å²) in [6, 6.07) is 25.7. The molecule has 1 N–H and O–H groups in total. The van der Waals surface area contributed by atoms with Crippen LogP contribution in [0.3, 0.4) is 0 Å². The highest BCUT2D eigenvalue weighted by Gasteiger charge is 2.48. The van der Waals surface area contributed by atoms with E-state index in [0.29, 0.717) is 0 Å². The van der Waals surface area contributed by atoms with Gasteiger partial charge in [0.1, 0.15) is 12.1 Å². The first kappa shape index (κ1) is 22.2. The molecular formula is C28H27NO5. The average molecular weight is 458 g/mol. The third-order valence-corrected chi connectivity index (χ3v) is 6.97. The second-order valence-electron chi connectivity index (χ2n) is 8.82. The molecule has 0 unspecified atom stereocenters. The van der Waals surface area contributed by atoms with Gasteiger partial charge in [-0.2, -0.15) is 0 Å². The van der Waals surface area contributed by atoms with Crippen molar-refractivity contribution in [2.75, 3.05) is 19.8 Å². The van der Waals surface area contributed by atoms with Gasteiger partial charge in [-0.15, -0.1) is 0 Å². The Morgan fingerprint density at radius 2 is 1.44 bits per heavy atom. The third-order valence-electron chi connectivity index (χ3n) is 6.97. The van der Waals surface area contributed by atoms with Gasteiger partial charge in [0.25, 0.3) is 0 Å². The molecule has 0 spiro atoms. The Labute approximate surface area is 198 Å². The standard InChI is InChI=1S/C28H27NO5/c30-26(31)28(14-16-33-17-15-28)29(18-20-8-2-1-3-9-20)27(32)34-19-25-23-12-6-4-10-21(23)22-11-5-7-13-24(22)25/h1-13,25H,14-19H2,(H,30,31). The molecule has 1 saturated heterocycles. The van der Waals surface area contributed by atoms with E-state index in [1.165, 1.54) is 4.90 Å². The van der Waals surface area contributed by atoms with Gasteiger partial charge in [-0.05, 0) is 27.8 Å². The van der Waals surface area contributed by atoms with Gasteiger partial charge in [-0.3, -0.25) is 4.90 Å². The lowest BCUT2D eigenvalue weighted by Crippen LogP contribution is -2.59. The molecular weight excluding hydrogens is 430 g/mol. The van der Waals surface area contributed by atoms with Crippen LogP contribution in [0.4, 0.5) is 4.79 Å². The Hall–Kier alpha value is -3.64. The minimum Gasteiger partial charge on any atom is -0.479 e. The van der Waals surface area contributed by atoms with Crippen LogP contribution in [0, 0.1) is 0 Å². The number of carbonyl (C=O) groups excluding carboxylic acids is 1. The number of amides is 1. The molecule has 1 aliphatic carbocycles. The zero-order valence-electron chi connectivity index (χ0n) is 18.9. The molecule has 0 aromatic heterocycles. The molecule has 3 aromatic carbocycles. The summed E-state index contributed by atoms with van der Waals surface area (Å²) in [6.45, 7) is 0.872. The smallest absolute Gasteiger partial charge is 0.411 e. The van der Waals surface area contributed by atoms with Crippen molar-refractivity contribution in [1.29, 1.82) is 0 Å². The van der Waals surface area contributed by atoms with Gasteiger partial charge in [0.05, 0.1) is 6.54 Å². The lowest BCUT2D eigenvalue weighted by atomic mass is 9.87. The summed E-state index contributed by atoms with van der Waals surface area (Å²) in [5.74, 6) is -1.12. The van der Waals surface area contributed by atoms with Crippen molar-refractivity contribution in [1.82, 2.24) is 4.90 Å². The molecule has 6 heteroatoms. The SMILES string of the molecule is O=C(OCC1c2ccccc2-c2ccccc21)N(Cc1ccccc1)C1(C(=O)O)CCOCC1. The minimum atomic E-state index is -1.36. The van der Waals surface area contributed by atoms with Crippen molar-refractivity contribution < 1.29 is 24.2 Å². The molecule has 1 amide bonds. The third kappa shape index (κ3) is 3.94. The van der Waals surface area contributed by atoms with Crippen molar-refractivity contribution >= 4 is 12.1 Å². The number of ether oxygens (including phenoxy) is 2. The van der Waals surface area contributed by atoms with E-state index in [2.05, 4.69) is 24.3 Å². The number of fused-ring (bicyclic) bond motifs is 3. The van der Waals surface area contributed by atoms with Gasteiger partial charge in [0, 0.05) is 32.0 Å². The van der Waals surface area contributed by atoms with Crippen molar-refractivity contribution in [2.45, 2.75) is 30.8 Å². The van der Waals surface area contributed by atoms with Gasteiger partial charge >= 0.3 is 12.1 Å². The molecule has 174 valence electrons. The zero-order valence-corrected chi connectivity index (χ0v) is 18.9. The number of nitrogens with zero attached hydrogens (tertiary/aromatic N) is 1. The Bertz CT molecular complexity index is 1140. The number of rotatable bonds is 6. The molecule has 6 nitrogen and oxygen atoms in total. The summed E-state index contributed by atoms with van der Waals surface area (Å²) in [4.78, 5) is 27.4. The molecule has 1 aliphatic heterocycles. The summed E-state index contributed by atoms with van der Waals surface area (Å²) in [6.07, 6.45) is -0.173. The predicted molar refractivity (Wildman–Crippen MR) is 127 cm³/mol. The van der Waals surface area contributed by atoms with Crippen LogP contribution in [0.15, 0.2) is 78.9 Å². The van der Waals surface area contributed by atoms with Gasteiger partial charge < -0.3 is 14.6 Å². The topological polar surface area (TPSA) is 76.1 Å². The number of benzene rings is 3. The van der Waals surface area contributed by atoms with E-state index < -0.39 is 17.6 Å². The second kappa shape index (κ2) is 9.31. The second-order valence-corrected chi connectivity index (χ2v) is 8.82. The highest BCUT2D eigenvalue weighted by Crippen LogP contribution is 2.44. The van der Waals surface area contributed by atoms with Gasteiger partial charge in [-0.25, -0.2) is 9.59 Å². The maximum absolute atomic E-state index is 13.5. The van der Waals surface area contributed by atoms with E-state index in [1.54, 1.807) is 0 Å². The van der Waals surface area contributed by atoms with E-state index in [0.717, 1.165) is 27.8 Å². The maximum atomic E-state index is 13.5. The quantitative estimate of drug-likeness (QED) is 0.559. The van der Waals surface area contributed by atoms with E-state index in [4.69, 9.17) is 9.47 Å². The Balaban J connectivity index is 1.43. The molecule has 34 heavy (non-hydrogen) atoms. The van der Waals surface area contributed by atoms with Crippen LogP contribution in [-0.4, -0.2) is 47.4 Å². The van der Waals surface area contributed by atoms with Crippen molar-refractivity contribution in [3.8, 4) is 11.1 Å². The molecule has 1 fully saturated rings.